The average Bonchev–Trinajstić information content (AvgIpc) is 3.25. The third-order valence-electron chi connectivity index (χ3n) is 3.41. The Morgan fingerprint density at radius 1 is 1.25 bits per heavy atom. The molecule has 0 saturated carbocycles. The van der Waals surface area contributed by atoms with E-state index in [1.54, 1.807) is 11.3 Å². The quantitative estimate of drug-likeness (QED) is 0.688. The van der Waals surface area contributed by atoms with Gasteiger partial charge in [-0.2, -0.15) is 4.98 Å². The standard InChI is InChI=1S/C17H16ClN3O2S/c18-13-8-6-12(7-9-13)11-19-15(22)4-1-5-16-20-17(21-23-16)14-3-2-10-24-14/h2-3,6-10H,1,4-5,11H2,(H,19,22). The van der Waals surface area contributed by atoms with Gasteiger partial charge in [0.2, 0.25) is 17.6 Å². The molecule has 1 N–H and O–H groups in total. The van der Waals surface area contributed by atoms with Gasteiger partial charge in [-0.3, -0.25) is 4.79 Å². The second-order valence-electron chi connectivity index (χ2n) is 5.25. The third-order valence-corrected chi connectivity index (χ3v) is 4.52. The molecule has 24 heavy (non-hydrogen) atoms. The molecule has 2 aromatic heterocycles. The first-order chi connectivity index (χ1) is 11.7. The molecule has 124 valence electrons. The van der Waals surface area contributed by atoms with Crippen LogP contribution in [0.3, 0.4) is 0 Å². The van der Waals surface area contributed by atoms with Crippen LogP contribution in [-0.2, 0) is 17.8 Å². The SMILES string of the molecule is O=C(CCCc1nc(-c2cccs2)no1)NCc1ccc(Cl)cc1. The molecule has 0 saturated heterocycles. The van der Waals surface area contributed by atoms with Crippen molar-refractivity contribution < 1.29 is 9.32 Å². The van der Waals surface area contributed by atoms with Crippen molar-refractivity contribution in [3.05, 3.63) is 58.3 Å². The smallest absolute Gasteiger partial charge is 0.226 e. The van der Waals surface area contributed by atoms with Crippen molar-refractivity contribution in [2.45, 2.75) is 25.8 Å². The highest BCUT2D eigenvalue weighted by molar-refractivity contribution is 7.13. The van der Waals surface area contributed by atoms with Gasteiger partial charge in [-0.25, -0.2) is 0 Å². The van der Waals surface area contributed by atoms with Gasteiger partial charge in [-0.05, 0) is 35.6 Å². The predicted molar refractivity (Wildman–Crippen MR) is 93.8 cm³/mol. The molecule has 0 fully saturated rings. The van der Waals surface area contributed by atoms with E-state index in [9.17, 15) is 4.79 Å². The van der Waals surface area contributed by atoms with E-state index < -0.39 is 0 Å². The molecular weight excluding hydrogens is 346 g/mol. The minimum Gasteiger partial charge on any atom is -0.352 e. The molecule has 0 spiro atoms. The van der Waals surface area contributed by atoms with Crippen LogP contribution in [0.1, 0.15) is 24.3 Å². The van der Waals surface area contributed by atoms with Gasteiger partial charge < -0.3 is 9.84 Å². The fourth-order valence-corrected chi connectivity index (χ4v) is 2.93. The first-order valence-corrected chi connectivity index (χ1v) is 8.84. The van der Waals surface area contributed by atoms with Crippen LogP contribution < -0.4 is 5.32 Å². The summed E-state index contributed by atoms with van der Waals surface area (Å²) in [5.74, 6) is 1.17. The fraction of sp³-hybridized carbons (Fsp3) is 0.235. The number of halogens is 1. The van der Waals surface area contributed by atoms with E-state index in [0.29, 0.717) is 42.5 Å². The van der Waals surface area contributed by atoms with E-state index in [-0.39, 0.29) is 5.91 Å². The van der Waals surface area contributed by atoms with Gasteiger partial charge in [0.1, 0.15) is 0 Å². The summed E-state index contributed by atoms with van der Waals surface area (Å²) in [4.78, 5) is 17.2. The number of hydrogen-bond acceptors (Lipinski definition) is 5. The molecule has 0 aliphatic rings. The Balaban J connectivity index is 1.40. The highest BCUT2D eigenvalue weighted by Gasteiger charge is 2.10. The van der Waals surface area contributed by atoms with Crippen LogP contribution in [0.2, 0.25) is 5.02 Å². The lowest BCUT2D eigenvalue weighted by atomic mass is 10.2. The number of carbonyl (C=O) groups excluding carboxylic acids is 1. The van der Waals surface area contributed by atoms with E-state index in [1.807, 2.05) is 41.8 Å². The van der Waals surface area contributed by atoms with Gasteiger partial charge >= 0.3 is 0 Å². The molecule has 0 bridgehead atoms. The molecule has 3 rings (SSSR count). The lowest BCUT2D eigenvalue weighted by Gasteiger charge is -2.04. The minimum absolute atomic E-state index is 0.00273. The fourth-order valence-electron chi connectivity index (χ4n) is 2.15. The highest BCUT2D eigenvalue weighted by atomic mass is 35.5. The van der Waals surface area contributed by atoms with Crippen LogP contribution in [-0.4, -0.2) is 16.0 Å². The Morgan fingerprint density at radius 2 is 2.08 bits per heavy atom. The lowest BCUT2D eigenvalue weighted by molar-refractivity contribution is -0.121. The number of amides is 1. The molecule has 0 radical (unpaired) electrons. The molecule has 0 aliphatic heterocycles. The predicted octanol–water partition coefficient (Wildman–Crippen LogP) is 4.09. The van der Waals surface area contributed by atoms with Gasteiger partial charge in [0.15, 0.2) is 0 Å². The summed E-state index contributed by atoms with van der Waals surface area (Å²) in [5, 5.41) is 9.49. The molecule has 7 heteroatoms. The van der Waals surface area contributed by atoms with Gasteiger partial charge in [0, 0.05) is 24.4 Å². The van der Waals surface area contributed by atoms with Crippen LogP contribution in [0.5, 0.6) is 0 Å². The van der Waals surface area contributed by atoms with E-state index in [4.69, 9.17) is 16.1 Å². The van der Waals surface area contributed by atoms with Gasteiger partial charge in [-0.15, -0.1) is 11.3 Å². The van der Waals surface area contributed by atoms with E-state index >= 15 is 0 Å². The maximum absolute atomic E-state index is 11.9. The molecule has 1 aromatic carbocycles. The topological polar surface area (TPSA) is 68.0 Å². The molecule has 3 aromatic rings. The first kappa shape index (κ1) is 16.7. The van der Waals surface area contributed by atoms with Gasteiger partial charge in [-0.1, -0.05) is 35.0 Å². The van der Waals surface area contributed by atoms with Crippen molar-refractivity contribution in [3.8, 4) is 10.7 Å². The van der Waals surface area contributed by atoms with Crippen LogP contribution in [0.15, 0.2) is 46.3 Å². The van der Waals surface area contributed by atoms with Crippen LogP contribution in [0.4, 0.5) is 0 Å². The summed E-state index contributed by atoms with van der Waals surface area (Å²) in [7, 11) is 0. The number of aromatic nitrogens is 2. The summed E-state index contributed by atoms with van der Waals surface area (Å²) in [5.41, 5.74) is 1.02. The van der Waals surface area contributed by atoms with Crippen molar-refractivity contribution in [2.75, 3.05) is 0 Å². The summed E-state index contributed by atoms with van der Waals surface area (Å²) in [6.07, 6.45) is 1.68. The molecule has 0 unspecified atom stereocenters. The summed E-state index contributed by atoms with van der Waals surface area (Å²) in [6.45, 7) is 0.499. The molecule has 2 heterocycles. The molecular formula is C17H16ClN3O2S. The van der Waals surface area contributed by atoms with E-state index in [1.165, 1.54) is 0 Å². The van der Waals surface area contributed by atoms with E-state index in [0.717, 1.165) is 10.4 Å². The van der Waals surface area contributed by atoms with Crippen molar-refractivity contribution in [1.82, 2.24) is 15.5 Å². The zero-order valence-corrected chi connectivity index (χ0v) is 14.4. The summed E-state index contributed by atoms with van der Waals surface area (Å²) < 4.78 is 5.21. The number of nitrogens with one attached hydrogen (secondary N) is 1. The molecule has 0 atom stereocenters. The molecule has 5 nitrogen and oxygen atoms in total. The van der Waals surface area contributed by atoms with Gasteiger partial charge in [0.25, 0.3) is 0 Å². The number of carbonyl (C=O) groups is 1. The van der Waals surface area contributed by atoms with E-state index in [2.05, 4.69) is 15.5 Å². The molecule has 1 amide bonds. The number of hydrogen-bond donors (Lipinski definition) is 1. The van der Waals surface area contributed by atoms with Crippen molar-refractivity contribution in [3.63, 3.8) is 0 Å². The van der Waals surface area contributed by atoms with Crippen molar-refractivity contribution in [1.29, 1.82) is 0 Å². The van der Waals surface area contributed by atoms with Crippen molar-refractivity contribution in [2.24, 2.45) is 0 Å². The number of nitrogens with zero attached hydrogens (tertiary/aromatic N) is 2. The Hall–Kier alpha value is -2.18. The zero-order chi connectivity index (χ0) is 16.8. The summed E-state index contributed by atoms with van der Waals surface area (Å²) in [6, 6.07) is 11.3. The van der Waals surface area contributed by atoms with Crippen LogP contribution in [0.25, 0.3) is 10.7 Å². The summed E-state index contributed by atoms with van der Waals surface area (Å²) >= 11 is 7.39. The second-order valence-corrected chi connectivity index (χ2v) is 6.63. The maximum atomic E-state index is 11.9. The second kappa shape index (κ2) is 8.08. The average molecular weight is 362 g/mol. The number of thiophene rings is 1. The third kappa shape index (κ3) is 4.66. The van der Waals surface area contributed by atoms with Crippen molar-refractivity contribution >= 4 is 28.8 Å². The van der Waals surface area contributed by atoms with Gasteiger partial charge in [0.05, 0.1) is 4.88 Å². The highest BCUT2D eigenvalue weighted by Crippen LogP contribution is 2.21. The normalized spacial score (nSPS) is 10.7. The molecule has 0 aliphatic carbocycles. The number of benzene rings is 1. The number of rotatable bonds is 7. The number of aryl methyl sites for hydroxylation is 1. The lowest BCUT2D eigenvalue weighted by Crippen LogP contribution is -2.22. The Kier molecular flexibility index (Phi) is 5.61. The largest absolute Gasteiger partial charge is 0.352 e. The van der Waals surface area contributed by atoms with Crippen LogP contribution in [0, 0.1) is 0 Å². The Labute approximate surface area is 148 Å². The maximum Gasteiger partial charge on any atom is 0.226 e. The Morgan fingerprint density at radius 3 is 2.83 bits per heavy atom. The zero-order valence-electron chi connectivity index (χ0n) is 12.9. The Bertz CT molecular complexity index is 785. The van der Waals surface area contributed by atoms with Crippen LogP contribution >= 0.6 is 22.9 Å². The minimum atomic E-state index is 0.00273. The monoisotopic (exact) mass is 361 g/mol. The first-order valence-electron chi connectivity index (χ1n) is 7.58.